The third kappa shape index (κ3) is 2.85. The molecule has 0 aliphatic heterocycles. The number of methoxy groups -OCH3 is 1. The molecule has 3 nitrogen and oxygen atoms in total. The Labute approximate surface area is 110 Å². The second kappa shape index (κ2) is 6.21. The molecule has 2 rings (SSSR count). The Balaban J connectivity index is 1.96. The van der Waals surface area contributed by atoms with Crippen molar-refractivity contribution >= 4 is 0 Å². The fourth-order valence-electron chi connectivity index (χ4n) is 2.85. The van der Waals surface area contributed by atoms with Crippen LogP contribution in [0.25, 0.3) is 0 Å². The number of nitrogens with zero attached hydrogens (tertiary/aromatic N) is 1. The van der Waals surface area contributed by atoms with Crippen LogP contribution in [0.5, 0.6) is 5.75 Å². The smallest absolute Gasteiger partial charge is 0.123 e. The number of benzene rings is 1. The van der Waals surface area contributed by atoms with Crippen molar-refractivity contribution < 1.29 is 4.74 Å². The zero-order valence-corrected chi connectivity index (χ0v) is 11.6. The first-order valence-corrected chi connectivity index (χ1v) is 6.73. The summed E-state index contributed by atoms with van der Waals surface area (Å²) in [5.74, 6) is 1.79. The van der Waals surface area contributed by atoms with Gasteiger partial charge in [0.15, 0.2) is 0 Å². The van der Waals surface area contributed by atoms with Crippen molar-refractivity contribution in [3.05, 3.63) is 29.8 Å². The van der Waals surface area contributed by atoms with E-state index in [2.05, 4.69) is 29.4 Å². The van der Waals surface area contributed by atoms with Crippen LogP contribution in [0.1, 0.15) is 18.4 Å². The maximum absolute atomic E-state index is 5.41. The fourth-order valence-corrected chi connectivity index (χ4v) is 2.85. The minimum atomic E-state index is 0.711. The van der Waals surface area contributed by atoms with Gasteiger partial charge in [-0.25, -0.2) is 0 Å². The zero-order chi connectivity index (χ0) is 13.0. The molecule has 3 heteroatoms. The second-order valence-corrected chi connectivity index (χ2v) is 5.19. The zero-order valence-electron chi connectivity index (χ0n) is 11.6. The van der Waals surface area contributed by atoms with Gasteiger partial charge < -0.3 is 10.1 Å². The largest absolute Gasteiger partial charge is 0.496 e. The van der Waals surface area contributed by atoms with Crippen molar-refractivity contribution in [3.63, 3.8) is 0 Å². The van der Waals surface area contributed by atoms with E-state index < -0.39 is 0 Å². The van der Waals surface area contributed by atoms with Gasteiger partial charge in [-0.15, -0.1) is 0 Å². The van der Waals surface area contributed by atoms with E-state index in [1.165, 1.54) is 18.4 Å². The molecule has 0 amide bonds. The van der Waals surface area contributed by atoms with Gasteiger partial charge in [-0.05, 0) is 45.5 Å². The summed E-state index contributed by atoms with van der Waals surface area (Å²) in [4.78, 5) is 2.46. The molecular formula is C15H24N2O. The first-order valence-electron chi connectivity index (χ1n) is 6.73. The quantitative estimate of drug-likeness (QED) is 0.834. The lowest BCUT2D eigenvalue weighted by atomic mass is 9.78. The maximum Gasteiger partial charge on any atom is 0.123 e. The van der Waals surface area contributed by atoms with Crippen LogP contribution >= 0.6 is 0 Å². The van der Waals surface area contributed by atoms with E-state index in [9.17, 15) is 0 Å². The standard InChI is InChI=1S/C15H24N2O/c1-16-10-12-8-9-14(12)17(2)11-13-6-4-5-7-15(13)18-3/h4-7,12,14,16H,8-11H2,1-3H3. The fraction of sp³-hybridized carbons (Fsp3) is 0.600. The van der Waals surface area contributed by atoms with Crippen LogP contribution in [-0.4, -0.2) is 38.7 Å². The highest BCUT2D eigenvalue weighted by Gasteiger charge is 2.33. The normalized spacial score (nSPS) is 22.9. The van der Waals surface area contributed by atoms with Gasteiger partial charge in [0.05, 0.1) is 7.11 Å². The molecule has 1 aromatic carbocycles. The van der Waals surface area contributed by atoms with E-state index in [4.69, 9.17) is 4.74 Å². The molecule has 0 bridgehead atoms. The van der Waals surface area contributed by atoms with Crippen LogP contribution < -0.4 is 10.1 Å². The third-order valence-electron chi connectivity index (χ3n) is 4.02. The predicted molar refractivity (Wildman–Crippen MR) is 74.9 cm³/mol. The molecule has 0 saturated heterocycles. The highest BCUT2D eigenvalue weighted by atomic mass is 16.5. The lowest BCUT2D eigenvalue weighted by Gasteiger charge is -2.43. The van der Waals surface area contributed by atoms with E-state index in [0.29, 0.717) is 6.04 Å². The van der Waals surface area contributed by atoms with Crippen molar-refractivity contribution in [2.45, 2.75) is 25.4 Å². The van der Waals surface area contributed by atoms with E-state index in [1.807, 2.05) is 19.2 Å². The summed E-state index contributed by atoms with van der Waals surface area (Å²) in [6, 6.07) is 9.01. The third-order valence-corrected chi connectivity index (χ3v) is 4.02. The molecule has 0 radical (unpaired) electrons. The topological polar surface area (TPSA) is 24.5 Å². The van der Waals surface area contributed by atoms with Gasteiger partial charge in [0, 0.05) is 18.2 Å². The second-order valence-electron chi connectivity index (χ2n) is 5.19. The van der Waals surface area contributed by atoms with Gasteiger partial charge in [0.25, 0.3) is 0 Å². The number of para-hydroxylation sites is 1. The maximum atomic E-state index is 5.41. The first kappa shape index (κ1) is 13.4. The Bertz CT molecular complexity index is 381. The van der Waals surface area contributed by atoms with Gasteiger partial charge in [-0.2, -0.15) is 0 Å². The Morgan fingerprint density at radius 3 is 2.72 bits per heavy atom. The van der Waals surface area contributed by atoms with Crippen molar-refractivity contribution in [1.82, 2.24) is 10.2 Å². The Hall–Kier alpha value is -1.06. The van der Waals surface area contributed by atoms with Crippen molar-refractivity contribution in [3.8, 4) is 5.75 Å². The molecule has 1 aromatic rings. The van der Waals surface area contributed by atoms with Crippen LogP contribution in [0.3, 0.4) is 0 Å². The summed E-state index contributed by atoms with van der Waals surface area (Å²) in [6.45, 7) is 2.09. The highest BCUT2D eigenvalue weighted by molar-refractivity contribution is 5.33. The van der Waals surface area contributed by atoms with Crippen molar-refractivity contribution in [1.29, 1.82) is 0 Å². The lowest BCUT2D eigenvalue weighted by Crippen LogP contribution is -2.48. The molecule has 100 valence electrons. The lowest BCUT2D eigenvalue weighted by molar-refractivity contribution is 0.0787. The summed E-state index contributed by atoms with van der Waals surface area (Å²) < 4.78 is 5.41. The number of ether oxygens (including phenoxy) is 1. The first-order chi connectivity index (χ1) is 8.76. The molecule has 2 unspecified atom stereocenters. The summed E-state index contributed by atoms with van der Waals surface area (Å²) in [7, 11) is 6.00. The number of rotatable bonds is 6. The number of nitrogens with one attached hydrogen (secondary N) is 1. The summed E-state index contributed by atoms with van der Waals surface area (Å²) >= 11 is 0. The van der Waals surface area contributed by atoms with Gasteiger partial charge in [-0.1, -0.05) is 18.2 Å². The Morgan fingerprint density at radius 1 is 1.33 bits per heavy atom. The molecule has 1 aliphatic rings. The molecule has 0 spiro atoms. The Morgan fingerprint density at radius 2 is 2.11 bits per heavy atom. The van der Waals surface area contributed by atoms with Gasteiger partial charge in [-0.3, -0.25) is 4.90 Å². The Kier molecular flexibility index (Phi) is 4.61. The predicted octanol–water partition coefficient (Wildman–Crippen LogP) is 2.12. The molecule has 2 atom stereocenters. The number of hydrogen-bond acceptors (Lipinski definition) is 3. The van der Waals surface area contributed by atoms with E-state index in [0.717, 1.165) is 24.8 Å². The minimum Gasteiger partial charge on any atom is -0.496 e. The van der Waals surface area contributed by atoms with E-state index >= 15 is 0 Å². The molecule has 1 saturated carbocycles. The van der Waals surface area contributed by atoms with Crippen molar-refractivity contribution in [2.24, 2.45) is 5.92 Å². The van der Waals surface area contributed by atoms with Crippen molar-refractivity contribution in [2.75, 3.05) is 27.7 Å². The summed E-state index contributed by atoms with van der Waals surface area (Å²) in [6.07, 6.45) is 2.67. The highest BCUT2D eigenvalue weighted by Crippen LogP contribution is 2.32. The van der Waals surface area contributed by atoms with Crippen LogP contribution in [0.4, 0.5) is 0 Å². The van der Waals surface area contributed by atoms with Gasteiger partial charge in [0.2, 0.25) is 0 Å². The van der Waals surface area contributed by atoms with Crippen LogP contribution in [0, 0.1) is 5.92 Å². The molecule has 18 heavy (non-hydrogen) atoms. The summed E-state index contributed by atoms with van der Waals surface area (Å²) in [5, 5.41) is 3.29. The molecule has 0 aromatic heterocycles. The van der Waals surface area contributed by atoms with Crippen LogP contribution in [0.15, 0.2) is 24.3 Å². The molecule has 1 N–H and O–H groups in total. The monoisotopic (exact) mass is 248 g/mol. The SMILES string of the molecule is CNCC1CCC1N(C)Cc1ccccc1OC. The molecule has 0 heterocycles. The summed E-state index contributed by atoms with van der Waals surface area (Å²) in [5.41, 5.74) is 1.28. The average Bonchev–Trinajstić information content (AvgIpc) is 2.35. The minimum absolute atomic E-state index is 0.711. The average molecular weight is 248 g/mol. The van der Waals surface area contributed by atoms with Gasteiger partial charge in [0.1, 0.15) is 5.75 Å². The molecule has 1 fully saturated rings. The van der Waals surface area contributed by atoms with Crippen LogP contribution in [0.2, 0.25) is 0 Å². The van der Waals surface area contributed by atoms with Crippen LogP contribution in [-0.2, 0) is 6.54 Å². The molecular weight excluding hydrogens is 224 g/mol. The van der Waals surface area contributed by atoms with Gasteiger partial charge >= 0.3 is 0 Å². The molecule has 1 aliphatic carbocycles. The number of hydrogen-bond donors (Lipinski definition) is 1. The van der Waals surface area contributed by atoms with E-state index in [1.54, 1.807) is 7.11 Å². The van der Waals surface area contributed by atoms with E-state index in [-0.39, 0.29) is 0 Å².